The monoisotopic (exact) mass is 242 g/mol. The lowest BCUT2D eigenvalue weighted by Gasteiger charge is -2.33. The molecule has 0 N–H and O–H groups in total. The van der Waals surface area contributed by atoms with Crippen molar-refractivity contribution in [3.05, 3.63) is 22.8 Å². The topological polar surface area (TPSA) is 0 Å². The summed E-state index contributed by atoms with van der Waals surface area (Å²) in [6, 6.07) is 0. The molecule has 1 aliphatic carbocycles. The third-order valence-electron chi connectivity index (χ3n) is 3.05. The molecule has 0 nitrogen and oxygen atoms in total. The van der Waals surface area contributed by atoms with E-state index in [0.29, 0.717) is 5.16 Å². The van der Waals surface area contributed by atoms with Gasteiger partial charge >= 0.3 is 0 Å². The highest BCUT2D eigenvalue weighted by Crippen LogP contribution is 2.59. The summed E-state index contributed by atoms with van der Waals surface area (Å²) in [5.74, 6) is 0.750. The molecule has 0 spiro atoms. The first-order valence-electron chi connectivity index (χ1n) is 5.70. The van der Waals surface area contributed by atoms with E-state index in [1.54, 1.807) is 10.6 Å². The lowest BCUT2D eigenvalue weighted by atomic mass is 10.0. The predicted molar refractivity (Wildman–Crippen MR) is 76.8 cm³/mol. The van der Waals surface area contributed by atoms with E-state index >= 15 is 0 Å². The summed E-state index contributed by atoms with van der Waals surface area (Å²) in [6.07, 6.45) is 6.25. The maximum absolute atomic E-state index is 2.51. The summed E-state index contributed by atoms with van der Waals surface area (Å²) in [4.78, 5) is 0. The van der Waals surface area contributed by atoms with Gasteiger partial charge in [-0.05, 0) is 41.5 Å². The maximum atomic E-state index is 2.51. The quantitative estimate of drug-likeness (QED) is 0.597. The van der Waals surface area contributed by atoms with Crippen LogP contribution in [0.4, 0.5) is 0 Å². The lowest BCUT2D eigenvalue weighted by molar-refractivity contribution is 0.731. The molecule has 0 aromatic rings. The Labute approximate surface area is 98.1 Å². The van der Waals surface area contributed by atoms with Crippen molar-refractivity contribution >= 4 is 16.5 Å². The Morgan fingerprint density at radius 3 is 2.47 bits per heavy atom. The van der Waals surface area contributed by atoms with Crippen molar-refractivity contribution in [2.75, 3.05) is 13.3 Å². The summed E-state index contributed by atoms with van der Waals surface area (Å²) in [5, 5.41) is 3.76. The van der Waals surface area contributed by atoms with Crippen molar-refractivity contribution in [3.8, 4) is 0 Å². The Bertz CT molecular complexity index is 281. The van der Waals surface area contributed by atoms with Gasteiger partial charge in [-0.2, -0.15) is 0 Å². The van der Waals surface area contributed by atoms with Crippen LogP contribution < -0.4 is 0 Å². The highest BCUT2D eigenvalue weighted by molar-refractivity contribution is 7.64. The van der Waals surface area contributed by atoms with Gasteiger partial charge in [-0.25, -0.2) is 0 Å². The fourth-order valence-corrected chi connectivity index (χ4v) is 4.92. The molecule has 0 saturated carbocycles. The maximum Gasteiger partial charge on any atom is -0.0142 e. The molecule has 0 aromatic heterocycles. The van der Waals surface area contributed by atoms with Crippen LogP contribution in [0.3, 0.4) is 0 Å². The van der Waals surface area contributed by atoms with Gasteiger partial charge in [0.15, 0.2) is 0 Å². The van der Waals surface area contributed by atoms with Crippen molar-refractivity contribution in [1.29, 1.82) is 0 Å². The summed E-state index contributed by atoms with van der Waals surface area (Å²) in [7, 11) is 0.950. The van der Waals surface area contributed by atoms with E-state index in [1.165, 1.54) is 6.42 Å². The first-order valence-corrected chi connectivity index (χ1v) is 8.99. The fraction of sp³-hybridized carbons (Fsp3) is 0.692. The second kappa shape index (κ2) is 5.11. The van der Waals surface area contributed by atoms with Crippen LogP contribution in [0.15, 0.2) is 22.8 Å². The molecule has 0 heterocycles. The first kappa shape index (κ1) is 13.4. The van der Waals surface area contributed by atoms with Crippen molar-refractivity contribution in [1.82, 2.24) is 0 Å². The highest BCUT2D eigenvalue weighted by Gasteiger charge is 2.26. The van der Waals surface area contributed by atoms with Gasteiger partial charge in [-0.3, -0.25) is 0 Å². The second-order valence-corrected chi connectivity index (χ2v) is 9.34. The Morgan fingerprint density at radius 2 is 2.00 bits per heavy atom. The number of hydrogen-bond donors (Lipinski definition) is 0. The molecular formula is C13H24P2. The molecule has 0 aliphatic heterocycles. The molecule has 0 radical (unpaired) electrons. The number of hydrogen-bond acceptors (Lipinski definition) is 0. The van der Waals surface area contributed by atoms with Crippen molar-refractivity contribution in [3.63, 3.8) is 0 Å². The molecule has 0 fully saturated rings. The molecule has 0 bridgehead atoms. The minimum absolute atomic E-state index is 0.00420. The molecule has 0 saturated heterocycles. The van der Waals surface area contributed by atoms with Crippen LogP contribution >= 0.6 is 16.5 Å². The lowest BCUT2D eigenvalue weighted by Crippen LogP contribution is -2.13. The summed E-state index contributed by atoms with van der Waals surface area (Å²) < 4.78 is 0. The Kier molecular flexibility index (Phi) is 4.57. The smallest absolute Gasteiger partial charge is 0.0142 e. The predicted octanol–water partition coefficient (Wildman–Crippen LogP) is 5.01. The molecular weight excluding hydrogens is 218 g/mol. The van der Waals surface area contributed by atoms with Gasteiger partial charge in [0.1, 0.15) is 0 Å². The van der Waals surface area contributed by atoms with E-state index in [1.807, 2.05) is 0 Å². The van der Waals surface area contributed by atoms with Gasteiger partial charge in [-0.15, -0.1) is 0 Å². The van der Waals surface area contributed by atoms with Crippen LogP contribution in [0.2, 0.25) is 0 Å². The molecule has 1 rings (SSSR count). The minimum atomic E-state index is -0.00420. The van der Waals surface area contributed by atoms with Gasteiger partial charge in [0, 0.05) is 0 Å². The Morgan fingerprint density at radius 1 is 1.40 bits per heavy atom. The first-order chi connectivity index (χ1) is 6.86. The van der Waals surface area contributed by atoms with Gasteiger partial charge in [0.05, 0.1) is 0 Å². The van der Waals surface area contributed by atoms with Crippen LogP contribution in [0.1, 0.15) is 34.1 Å². The molecule has 2 unspecified atom stereocenters. The Hall–Kier alpha value is 0.340. The normalized spacial score (nSPS) is 25.3. The molecule has 86 valence electrons. The average molecular weight is 242 g/mol. The van der Waals surface area contributed by atoms with Gasteiger partial charge in [0.25, 0.3) is 0 Å². The van der Waals surface area contributed by atoms with E-state index in [2.05, 4.69) is 53.2 Å². The van der Waals surface area contributed by atoms with Crippen molar-refractivity contribution < 1.29 is 0 Å². The molecule has 15 heavy (non-hydrogen) atoms. The SMILES string of the molecule is CPC1=CC(C)CC=C1[P@@](C)C(C)(C)C. The molecule has 2 heteroatoms. The van der Waals surface area contributed by atoms with Gasteiger partial charge in [0.2, 0.25) is 0 Å². The van der Waals surface area contributed by atoms with Crippen LogP contribution in [0.5, 0.6) is 0 Å². The number of allylic oxidation sites excluding steroid dienone is 4. The average Bonchev–Trinajstić information content (AvgIpc) is 2.15. The van der Waals surface area contributed by atoms with E-state index in [-0.39, 0.29) is 7.92 Å². The molecule has 0 aromatic carbocycles. The van der Waals surface area contributed by atoms with Crippen LogP contribution in [0, 0.1) is 5.92 Å². The van der Waals surface area contributed by atoms with E-state index in [9.17, 15) is 0 Å². The third-order valence-corrected chi connectivity index (χ3v) is 7.39. The van der Waals surface area contributed by atoms with Gasteiger partial charge < -0.3 is 0 Å². The standard InChI is InChI=1S/C13H24P2/c1-10-7-8-12(11(9-10)14-5)15(6)13(2,3)4/h8-10,14H,7H2,1-6H3/t10?,15-/m1/s1. The second-order valence-electron chi connectivity index (χ2n) is 5.36. The van der Waals surface area contributed by atoms with Crippen molar-refractivity contribution in [2.45, 2.75) is 39.3 Å². The van der Waals surface area contributed by atoms with E-state index in [0.717, 1.165) is 14.5 Å². The Balaban J connectivity index is 2.91. The fourth-order valence-electron chi connectivity index (χ4n) is 1.74. The minimum Gasteiger partial charge on any atom is -0.0932 e. The summed E-state index contributed by atoms with van der Waals surface area (Å²) in [5.41, 5.74) is 0. The summed E-state index contributed by atoms with van der Waals surface area (Å²) in [6.45, 7) is 14.2. The zero-order valence-electron chi connectivity index (χ0n) is 10.9. The zero-order valence-corrected chi connectivity index (χ0v) is 12.8. The zero-order chi connectivity index (χ0) is 11.6. The molecule has 0 amide bonds. The van der Waals surface area contributed by atoms with E-state index in [4.69, 9.17) is 0 Å². The third kappa shape index (κ3) is 3.40. The van der Waals surface area contributed by atoms with Crippen LogP contribution in [0.25, 0.3) is 0 Å². The largest absolute Gasteiger partial charge is 0.0932 e. The van der Waals surface area contributed by atoms with E-state index < -0.39 is 0 Å². The highest BCUT2D eigenvalue weighted by atomic mass is 31.1. The van der Waals surface area contributed by atoms with Gasteiger partial charge in [-0.1, -0.05) is 56.3 Å². The van der Waals surface area contributed by atoms with Crippen LogP contribution in [-0.4, -0.2) is 18.5 Å². The van der Waals surface area contributed by atoms with Crippen molar-refractivity contribution in [2.24, 2.45) is 5.92 Å². The molecule has 3 atom stereocenters. The number of rotatable bonds is 2. The van der Waals surface area contributed by atoms with Crippen LogP contribution in [-0.2, 0) is 0 Å². The summed E-state index contributed by atoms with van der Waals surface area (Å²) >= 11 is 0. The molecule has 1 aliphatic rings.